The monoisotopic (exact) mass is 313 g/mol. The molecular formula is C14H24ClN5O. The normalized spacial score (nSPS) is 15.9. The van der Waals surface area contributed by atoms with Gasteiger partial charge in [0.1, 0.15) is 10.8 Å². The van der Waals surface area contributed by atoms with E-state index in [0.717, 1.165) is 58.8 Å². The first-order valence-corrected chi connectivity index (χ1v) is 7.97. The van der Waals surface area contributed by atoms with Crippen LogP contribution in [0.2, 0.25) is 5.02 Å². The molecular weight excluding hydrogens is 290 g/mol. The van der Waals surface area contributed by atoms with E-state index in [4.69, 9.17) is 16.3 Å². The lowest BCUT2D eigenvalue weighted by molar-refractivity contribution is 0.0378. The number of hydrogen-bond acceptors (Lipinski definition) is 6. The summed E-state index contributed by atoms with van der Waals surface area (Å²) in [6.07, 6.45) is 3.73. The van der Waals surface area contributed by atoms with E-state index in [1.807, 2.05) is 0 Å². The third kappa shape index (κ3) is 5.65. The van der Waals surface area contributed by atoms with Crippen LogP contribution in [0.4, 0.5) is 11.8 Å². The summed E-state index contributed by atoms with van der Waals surface area (Å²) in [4.78, 5) is 11.0. The number of aromatic nitrogens is 2. The fraction of sp³-hybridized carbons (Fsp3) is 0.714. The van der Waals surface area contributed by atoms with E-state index in [1.165, 1.54) is 0 Å². The van der Waals surface area contributed by atoms with E-state index in [1.54, 1.807) is 6.20 Å². The first kappa shape index (κ1) is 16.3. The summed E-state index contributed by atoms with van der Waals surface area (Å²) in [5.41, 5.74) is 0. The number of nitrogens with one attached hydrogen (secondary N) is 2. The maximum atomic E-state index is 6.12. The molecule has 0 spiro atoms. The fourth-order valence-corrected chi connectivity index (χ4v) is 2.31. The Kier molecular flexibility index (Phi) is 6.99. The SMILES string of the molecule is CCCNc1ncc(Cl)c(NCCCN2CCOCC2)n1. The maximum Gasteiger partial charge on any atom is 0.224 e. The summed E-state index contributed by atoms with van der Waals surface area (Å²) in [6, 6.07) is 0. The van der Waals surface area contributed by atoms with E-state index in [0.29, 0.717) is 16.8 Å². The topological polar surface area (TPSA) is 62.3 Å². The first-order valence-electron chi connectivity index (χ1n) is 7.60. The van der Waals surface area contributed by atoms with Gasteiger partial charge in [-0.15, -0.1) is 0 Å². The van der Waals surface area contributed by atoms with Crippen LogP contribution in [0, 0.1) is 0 Å². The number of ether oxygens (including phenoxy) is 1. The lowest BCUT2D eigenvalue weighted by atomic mass is 10.3. The van der Waals surface area contributed by atoms with Crippen LogP contribution in [0.5, 0.6) is 0 Å². The second-order valence-electron chi connectivity index (χ2n) is 5.05. The van der Waals surface area contributed by atoms with Crippen molar-refractivity contribution >= 4 is 23.4 Å². The van der Waals surface area contributed by atoms with Crippen LogP contribution in [0.1, 0.15) is 19.8 Å². The van der Waals surface area contributed by atoms with Crippen molar-refractivity contribution in [2.45, 2.75) is 19.8 Å². The van der Waals surface area contributed by atoms with Gasteiger partial charge in [0.05, 0.1) is 19.4 Å². The summed E-state index contributed by atoms with van der Waals surface area (Å²) in [6.45, 7) is 8.63. The molecule has 0 amide bonds. The number of nitrogens with zero attached hydrogens (tertiary/aromatic N) is 3. The molecule has 2 N–H and O–H groups in total. The van der Waals surface area contributed by atoms with Crippen molar-refractivity contribution < 1.29 is 4.74 Å². The average Bonchev–Trinajstić information content (AvgIpc) is 2.53. The van der Waals surface area contributed by atoms with Gasteiger partial charge in [-0.25, -0.2) is 4.98 Å². The third-order valence-corrected chi connectivity index (χ3v) is 3.60. The van der Waals surface area contributed by atoms with Gasteiger partial charge in [0.2, 0.25) is 5.95 Å². The van der Waals surface area contributed by atoms with Crippen molar-refractivity contribution in [3.05, 3.63) is 11.2 Å². The van der Waals surface area contributed by atoms with Crippen LogP contribution >= 0.6 is 11.6 Å². The molecule has 0 saturated carbocycles. The molecule has 2 heterocycles. The van der Waals surface area contributed by atoms with Crippen molar-refractivity contribution in [3.63, 3.8) is 0 Å². The van der Waals surface area contributed by atoms with E-state index >= 15 is 0 Å². The Morgan fingerprint density at radius 2 is 2.10 bits per heavy atom. The van der Waals surface area contributed by atoms with Gasteiger partial charge in [-0.05, 0) is 19.4 Å². The smallest absolute Gasteiger partial charge is 0.224 e. The summed E-state index contributed by atoms with van der Waals surface area (Å²) in [7, 11) is 0. The molecule has 0 atom stereocenters. The van der Waals surface area contributed by atoms with Crippen molar-refractivity contribution in [2.75, 3.05) is 56.6 Å². The quantitative estimate of drug-likeness (QED) is 0.717. The lowest BCUT2D eigenvalue weighted by Gasteiger charge is -2.26. The second kappa shape index (κ2) is 9.02. The van der Waals surface area contributed by atoms with Crippen molar-refractivity contribution in [3.8, 4) is 0 Å². The van der Waals surface area contributed by atoms with Gasteiger partial charge in [0.25, 0.3) is 0 Å². The van der Waals surface area contributed by atoms with Crippen molar-refractivity contribution in [1.29, 1.82) is 0 Å². The molecule has 0 unspecified atom stereocenters. The van der Waals surface area contributed by atoms with Crippen LogP contribution in [0.3, 0.4) is 0 Å². The van der Waals surface area contributed by atoms with Gasteiger partial charge < -0.3 is 15.4 Å². The Labute approximate surface area is 131 Å². The minimum atomic E-state index is 0.559. The summed E-state index contributed by atoms with van der Waals surface area (Å²) in [5, 5.41) is 7.01. The number of morpholine rings is 1. The zero-order valence-electron chi connectivity index (χ0n) is 12.6. The molecule has 21 heavy (non-hydrogen) atoms. The Hall–Kier alpha value is -1.11. The largest absolute Gasteiger partial charge is 0.379 e. The van der Waals surface area contributed by atoms with Crippen molar-refractivity contribution in [1.82, 2.24) is 14.9 Å². The number of anilines is 2. The van der Waals surface area contributed by atoms with E-state index in [2.05, 4.69) is 32.4 Å². The standard InChI is InChI=1S/C14H24ClN5O/c1-2-4-17-14-18-11-12(15)13(19-14)16-5-3-6-20-7-9-21-10-8-20/h11H,2-10H2,1H3,(H2,16,17,18,19). The fourth-order valence-electron chi connectivity index (χ4n) is 2.15. The molecule has 0 radical (unpaired) electrons. The predicted octanol–water partition coefficient (Wildman–Crippen LogP) is 2.09. The van der Waals surface area contributed by atoms with E-state index in [9.17, 15) is 0 Å². The average molecular weight is 314 g/mol. The molecule has 0 bridgehead atoms. The summed E-state index contributed by atoms with van der Waals surface area (Å²) < 4.78 is 5.34. The first-order chi connectivity index (χ1) is 10.3. The maximum absolute atomic E-state index is 6.12. The lowest BCUT2D eigenvalue weighted by Crippen LogP contribution is -2.37. The Morgan fingerprint density at radius 3 is 2.86 bits per heavy atom. The molecule has 1 aromatic heterocycles. The number of hydrogen-bond donors (Lipinski definition) is 2. The van der Waals surface area contributed by atoms with Crippen LogP contribution in [0.25, 0.3) is 0 Å². The molecule has 7 heteroatoms. The van der Waals surface area contributed by atoms with Crippen LogP contribution in [-0.2, 0) is 4.74 Å². The van der Waals surface area contributed by atoms with Gasteiger partial charge in [-0.1, -0.05) is 18.5 Å². The van der Waals surface area contributed by atoms with Crippen molar-refractivity contribution in [2.24, 2.45) is 0 Å². The minimum Gasteiger partial charge on any atom is -0.379 e. The van der Waals surface area contributed by atoms with Crippen LogP contribution < -0.4 is 10.6 Å². The molecule has 1 aliphatic heterocycles. The van der Waals surface area contributed by atoms with Gasteiger partial charge in [0.15, 0.2) is 0 Å². The van der Waals surface area contributed by atoms with E-state index in [-0.39, 0.29) is 0 Å². The van der Waals surface area contributed by atoms with Crippen LogP contribution in [-0.4, -0.2) is 60.8 Å². The molecule has 118 valence electrons. The number of halogens is 1. The Bertz CT molecular complexity index is 426. The van der Waals surface area contributed by atoms with Gasteiger partial charge >= 0.3 is 0 Å². The molecule has 1 aliphatic rings. The minimum absolute atomic E-state index is 0.559. The van der Waals surface area contributed by atoms with E-state index < -0.39 is 0 Å². The Morgan fingerprint density at radius 1 is 1.29 bits per heavy atom. The predicted molar refractivity (Wildman–Crippen MR) is 86.2 cm³/mol. The number of rotatable bonds is 8. The molecule has 0 aliphatic carbocycles. The zero-order chi connectivity index (χ0) is 14.9. The summed E-state index contributed by atoms with van der Waals surface area (Å²) in [5.74, 6) is 1.32. The van der Waals surface area contributed by atoms with Gasteiger partial charge in [-0.3, -0.25) is 4.90 Å². The highest BCUT2D eigenvalue weighted by Crippen LogP contribution is 2.19. The molecule has 0 aromatic carbocycles. The third-order valence-electron chi connectivity index (χ3n) is 3.32. The zero-order valence-corrected chi connectivity index (χ0v) is 13.3. The molecule has 1 fully saturated rings. The highest BCUT2D eigenvalue weighted by Gasteiger charge is 2.09. The summed E-state index contributed by atoms with van der Waals surface area (Å²) >= 11 is 6.12. The second-order valence-corrected chi connectivity index (χ2v) is 5.46. The molecule has 1 aromatic rings. The molecule has 2 rings (SSSR count). The molecule has 1 saturated heterocycles. The van der Waals surface area contributed by atoms with Gasteiger partial charge in [0, 0.05) is 26.2 Å². The van der Waals surface area contributed by atoms with Gasteiger partial charge in [-0.2, -0.15) is 4.98 Å². The highest BCUT2D eigenvalue weighted by atomic mass is 35.5. The highest BCUT2D eigenvalue weighted by molar-refractivity contribution is 6.32. The Balaban J connectivity index is 1.73. The van der Waals surface area contributed by atoms with Crippen LogP contribution in [0.15, 0.2) is 6.20 Å². The molecule has 6 nitrogen and oxygen atoms in total.